The molecule has 1 aliphatic heterocycles. The van der Waals surface area contributed by atoms with Crippen molar-refractivity contribution in [2.24, 2.45) is 0 Å². The third-order valence-electron chi connectivity index (χ3n) is 4.58. The van der Waals surface area contributed by atoms with E-state index in [9.17, 15) is 27.1 Å². The van der Waals surface area contributed by atoms with Gasteiger partial charge in [-0.2, -0.15) is 0 Å². The van der Waals surface area contributed by atoms with Gasteiger partial charge in [0, 0.05) is 48.7 Å². The van der Waals surface area contributed by atoms with Crippen molar-refractivity contribution in [3.8, 4) is 0 Å². The second-order valence-corrected chi connectivity index (χ2v) is 7.12. The van der Waals surface area contributed by atoms with E-state index in [-0.39, 0.29) is 25.5 Å². The van der Waals surface area contributed by atoms with Crippen LogP contribution in [0.1, 0.15) is 27.1 Å². The first-order valence-electron chi connectivity index (χ1n) is 8.85. The summed E-state index contributed by atoms with van der Waals surface area (Å²) in [6.45, 7) is 1.01. The minimum atomic E-state index is -2.45. The first-order chi connectivity index (χ1) is 13.9. The summed E-state index contributed by atoms with van der Waals surface area (Å²) in [7, 11) is 0. The number of carbonyl (C=O) groups excluding carboxylic acids is 2. The van der Waals surface area contributed by atoms with Gasteiger partial charge in [-0.25, -0.2) is 8.78 Å². The number of amides is 2. The second-order valence-electron chi connectivity index (χ2n) is 6.45. The fraction of sp³-hybridized carbons (Fsp3) is 0.263. The number of hydrogen-bond acceptors (Lipinski definition) is 4. The largest absolute Gasteiger partial charge is 0.755 e. The van der Waals surface area contributed by atoms with E-state index in [1.807, 2.05) is 0 Å². The molecule has 0 bridgehead atoms. The molecular weight excluding hydrogens is 404 g/mol. The topological polar surface area (TPSA) is 92.8 Å². The Morgan fingerprint density at radius 3 is 2.00 bits per heavy atom. The summed E-state index contributed by atoms with van der Waals surface area (Å²) in [5.41, 5.74) is 0.104. The number of halogens is 2. The number of rotatable bonds is 4. The van der Waals surface area contributed by atoms with Gasteiger partial charge in [-0.15, -0.1) is 0 Å². The maximum Gasteiger partial charge on any atom is 0.259 e. The van der Waals surface area contributed by atoms with Crippen molar-refractivity contribution >= 4 is 28.8 Å². The molecule has 1 fully saturated rings. The van der Waals surface area contributed by atoms with Gasteiger partial charge < -0.3 is 19.1 Å². The zero-order valence-corrected chi connectivity index (χ0v) is 16.1. The number of nitrogens with one attached hydrogen (secondary N) is 1. The van der Waals surface area contributed by atoms with Gasteiger partial charge >= 0.3 is 0 Å². The van der Waals surface area contributed by atoms with Crippen LogP contribution in [0, 0.1) is 11.6 Å². The van der Waals surface area contributed by atoms with E-state index in [0.717, 1.165) is 12.1 Å². The SMILES string of the molecule is O=C(c1ccc(NS(=O)[O-])cc1)N1CCCN(C(=O)c2c(F)cccc2F)CC1. The van der Waals surface area contributed by atoms with Gasteiger partial charge in [0.05, 0.1) is 0 Å². The van der Waals surface area contributed by atoms with Gasteiger partial charge in [-0.1, -0.05) is 6.07 Å². The summed E-state index contributed by atoms with van der Waals surface area (Å²) in [5, 5.41) is 0. The zero-order chi connectivity index (χ0) is 21.0. The molecule has 1 unspecified atom stereocenters. The maximum absolute atomic E-state index is 13.9. The lowest BCUT2D eigenvalue weighted by molar-refractivity contribution is 0.0713. The summed E-state index contributed by atoms with van der Waals surface area (Å²) in [6.07, 6.45) is 0.461. The normalized spacial score (nSPS) is 15.6. The monoisotopic (exact) mass is 422 g/mol. The van der Waals surface area contributed by atoms with Crippen molar-refractivity contribution in [3.63, 3.8) is 0 Å². The maximum atomic E-state index is 13.9. The number of anilines is 1. The fourth-order valence-corrected chi connectivity index (χ4v) is 3.47. The zero-order valence-electron chi connectivity index (χ0n) is 15.3. The van der Waals surface area contributed by atoms with Gasteiger partial charge in [0.15, 0.2) is 0 Å². The lowest BCUT2D eigenvalue weighted by atomic mass is 10.1. The van der Waals surface area contributed by atoms with E-state index in [1.165, 1.54) is 35.2 Å². The van der Waals surface area contributed by atoms with Crippen LogP contribution in [0.4, 0.5) is 14.5 Å². The van der Waals surface area contributed by atoms with Gasteiger partial charge in [0.2, 0.25) is 0 Å². The summed E-state index contributed by atoms with van der Waals surface area (Å²) in [6, 6.07) is 9.20. The lowest BCUT2D eigenvalue weighted by Gasteiger charge is -2.22. The second kappa shape index (κ2) is 9.10. The van der Waals surface area contributed by atoms with Crippen LogP contribution in [0.2, 0.25) is 0 Å². The van der Waals surface area contributed by atoms with E-state index in [0.29, 0.717) is 24.2 Å². The molecule has 154 valence electrons. The molecule has 0 aromatic heterocycles. The third kappa shape index (κ3) is 4.96. The van der Waals surface area contributed by atoms with E-state index in [4.69, 9.17) is 0 Å². The first kappa shape index (κ1) is 20.9. The van der Waals surface area contributed by atoms with E-state index in [2.05, 4.69) is 4.72 Å². The Hall–Kier alpha value is -2.85. The Kier molecular flexibility index (Phi) is 6.55. The molecular formula is C19H18F2N3O4S-. The highest BCUT2D eigenvalue weighted by Gasteiger charge is 2.26. The molecule has 2 aromatic rings. The minimum Gasteiger partial charge on any atom is -0.755 e. The fourth-order valence-electron chi connectivity index (χ4n) is 3.14. The van der Waals surface area contributed by atoms with Crippen molar-refractivity contribution in [1.82, 2.24) is 9.80 Å². The Morgan fingerprint density at radius 1 is 0.897 bits per heavy atom. The van der Waals surface area contributed by atoms with Crippen LogP contribution in [0.15, 0.2) is 42.5 Å². The number of nitrogens with zero attached hydrogens (tertiary/aromatic N) is 2. The van der Waals surface area contributed by atoms with E-state index in [1.54, 1.807) is 4.90 Å². The van der Waals surface area contributed by atoms with Crippen molar-refractivity contribution < 1.29 is 27.1 Å². The molecule has 29 heavy (non-hydrogen) atoms. The molecule has 1 heterocycles. The van der Waals surface area contributed by atoms with Crippen molar-refractivity contribution in [2.75, 3.05) is 30.9 Å². The Bertz CT molecular complexity index is 919. The summed E-state index contributed by atoms with van der Waals surface area (Å²) >= 11 is -2.45. The quantitative estimate of drug-likeness (QED) is 0.765. The lowest BCUT2D eigenvalue weighted by Crippen LogP contribution is -2.38. The molecule has 1 atom stereocenters. The first-order valence-corrected chi connectivity index (χ1v) is 9.93. The number of benzene rings is 2. The Morgan fingerprint density at radius 2 is 1.45 bits per heavy atom. The van der Waals surface area contributed by atoms with Crippen molar-refractivity contribution in [3.05, 3.63) is 65.2 Å². The van der Waals surface area contributed by atoms with E-state index < -0.39 is 34.4 Å². The van der Waals surface area contributed by atoms with Crippen LogP contribution in [-0.2, 0) is 11.3 Å². The van der Waals surface area contributed by atoms with Gasteiger partial charge in [-0.05, 0) is 42.8 Å². The highest BCUT2D eigenvalue weighted by Crippen LogP contribution is 2.18. The highest BCUT2D eigenvalue weighted by atomic mass is 32.2. The summed E-state index contributed by atoms with van der Waals surface area (Å²) < 4.78 is 51.3. The molecule has 1 aliphatic rings. The molecule has 2 amide bonds. The molecule has 0 spiro atoms. The smallest absolute Gasteiger partial charge is 0.259 e. The van der Waals surface area contributed by atoms with Crippen LogP contribution >= 0.6 is 0 Å². The molecule has 0 saturated carbocycles. The third-order valence-corrected chi connectivity index (χ3v) is 4.98. The Labute approximate surface area is 168 Å². The van der Waals surface area contributed by atoms with Crippen molar-refractivity contribution in [2.45, 2.75) is 6.42 Å². The van der Waals surface area contributed by atoms with Crippen LogP contribution in [0.5, 0.6) is 0 Å². The van der Waals surface area contributed by atoms with Crippen LogP contribution in [0.3, 0.4) is 0 Å². The van der Waals surface area contributed by atoms with Gasteiger partial charge in [0.25, 0.3) is 11.8 Å². The van der Waals surface area contributed by atoms with Gasteiger partial charge in [-0.3, -0.25) is 13.8 Å². The number of hydrogen-bond donors (Lipinski definition) is 1. The molecule has 7 nitrogen and oxygen atoms in total. The summed E-state index contributed by atoms with van der Waals surface area (Å²) in [5.74, 6) is -2.85. The van der Waals surface area contributed by atoms with Gasteiger partial charge in [0.1, 0.15) is 17.2 Å². The highest BCUT2D eigenvalue weighted by molar-refractivity contribution is 7.80. The average Bonchev–Trinajstić information content (AvgIpc) is 2.93. The molecule has 0 aliphatic carbocycles. The van der Waals surface area contributed by atoms with Crippen LogP contribution < -0.4 is 4.72 Å². The van der Waals surface area contributed by atoms with Crippen LogP contribution in [0.25, 0.3) is 0 Å². The molecule has 2 aromatic carbocycles. The molecule has 3 rings (SSSR count). The minimum absolute atomic E-state index is 0.146. The predicted molar refractivity (Wildman–Crippen MR) is 102 cm³/mol. The Balaban J connectivity index is 1.67. The van der Waals surface area contributed by atoms with Crippen LogP contribution in [-0.4, -0.2) is 56.6 Å². The van der Waals surface area contributed by atoms with Crippen molar-refractivity contribution in [1.29, 1.82) is 0 Å². The predicted octanol–water partition coefficient (Wildman–Crippen LogP) is 2.16. The molecule has 1 N–H and O–H groups in total. The molecule has 0 radical (unpaired) electrons. The van der Waals surface area contributed by atoms with E-state index >= 15 is 0 Å². The number of carbonyl (C=O) groups is 2. The molecule has 10 heteroatoms. The standard InChI is InChI=1S/C19H19F2N3O4S/c20-15-3-1-4-16(21)17(15)19(26)24-10-2-9-23(11-12-24)18(25)13-5-7-14(8-6-13)22-29(27)28/h1,3-8,22H,2,9-12H2,(H,27,28)/p-1. The average molecular weight is 422 g/mol. The summed E-state index contributed by atoms with van der Waals surface area (Å²) in [4.78, 5) is 28.1. The molecule has 1 saturated heterocycles.